The topological polar surface area (TPSA) is 31.4 Å². The van der Waals surface area contributed by atoms with Crippen LogP contribution < -0.4 is 10.2 Å². The molecule has 0 aromatic carbocycles. The van der Waals surface area contributed by atoms with Crippen LogP contribution in [0.2, 0.25) is 0 Å². The van der Waals surface area contributed by atoms with Crippen LogP contribution in [0.4, 0.5) is 5.69 Å². The first-order chi connectivity index (χ1) is 8.76. The van der Waals surface area contributed by atoms with E-state index in [9.17, 15) is 0 Å². The third-order valence-corrected chi connectivity index (χ3v) is 3.83. The predicted octanol–water partition coefficient (Wildman–Crippen LogP) is 1.33. The number of anilines is 1. The molecule has 0 aliphatic carbocycles. The average Bonchev–Trinajstić information content (AvgIpc) is 2.40. The molecule has 1 unspecified atom stereocenters. The molecule has 1 aromatic heterocycles. The molecule has 1 atom stereocenters. The molecule has 18 heavy (non-hydrogen) atoms. The van der Waals surface area contributed by atoms with Crippen LogP contribution in [-0.4, -0.2) is 49.7 Å². The molecule has 2 rings (SSSR count). The fraction of sp³-hybridized carbons (Fsp3) is 0.643. The summed E-state index contributed by atoms with van der Waals surface area (Å²) in [5.41, 5.74) is 2.63. The molecule has 1 saturated heterocycles. The third kappa shape index (κ3) is 2.82. The Labute approximate surface area is 110 Å². The smallest absolute Gasteiger partial charge is 0.0443 e. The highest BCUT2D eigenvalue weighted by molar-refractivity contribution is 5.52. The van der Waals surface area contributed by atoms with Crippen LogP contribution in [0.5, 0.6) is 0 Å². The SMILES string of the molecule is CCC1CN(c2ccncc2CNC)CCN1C. The highest BCUT2D eigenvalue weighted by Gasteiger charge is 2.24. The van der Waals surface area contributed by atoms with Gasteiger partial charge >= 0.3 is 0 Å². The lowest BCUT2D eigenvalue weighted by Gasteiger charge is -2.41. The van der Waals surface area contributed by atoms with E-state index in [2.05, 4.69) is 40.1 Å². The standard InChI is InChI=1S/C14H24N4/c1-4-13-11-18(8-7-17(13)3)14-5-6-16-10-12(14)9-15-2/h5-6,10,13,15H,4,7-9,11H2,1-3H3. The van der Waals surface area contributed by atoms with Crippen molar-refractivity contribution >= 4 is 5.69 Å². The number of nitrogens with zero attached hydrogens (tertiary/aromatic N) is 3. The Morgan fingerprint density at radius 3 is 3.00 bits per heavy atom. The van der Waals surface area contributed by atoms with E-state index in [0.717, 1.165) is 26.2 Å². The Bertz CT molecular complexity index is 380. The quantitative estimate of drug-likeness (QED) is 0.871. The molecule has 1 N–H and O–H groups in total. The van der Waals surface area contributed by atoms with Crippen LogP contribution in [0, 0.1) is 0 Å². The maximum Gasteiger partial charge on any atom is 0.0443 e. The normalized spacial score (nSPS) is 21.3. The molecule has 0 bridgehead atoms. The second kappa shape index (κ2) is 6.16. The van der Waals surface area contributed by atoms with Crippen molar-refractivity contribution in [1.29, 1.82) is 0 Å². The summed E-state index contributed by atoms with van der Waals surface area (Å²) in [6, 6.07) is 2.81. The van der Waals surface area contributed by atoms with E-state index in [1.807, 2.05) is 19.4 Å². The van der Waals surface area contributed by atoms with Gasteiger partial charge in [-0.15, -0.1) is 0 Å². The molecule has 4 heteroatoms. The Kier molecular flexibility index (Phi) is 4.55. The molecule has 0 saturated carbocycles. The lowest BCUT2D eigenvalue weighted by Crippen LogP contribution is -2.51. The van der Waals surface area contributed by atoms with Gasteiger partial charge < -0.3 is 10.2 Å². The number of piperazine rings is 1. The number of pyridine rings is 1. The van der Waals surface area contributed by atoms with Crippen LogP contribution >= 0.6 is 0 Å². The van der Waals surface area contributed by atoms with Gasteiger partial charge in [-0.3, -0.25) is 9.88 Å². The lowest BCUT2D eigenvalue weighted by atomic mass is 10.1. The molecule has 0 amide bonds. The predicted molar refractivity (Wildman–Crippen MR) is 75.9 cm³/mol. The van der Waals surface area contributed by atoms with Crippen LogP contribution in [0.3, 0.4) is 0 Å². The van der Waals surface area contributed by atoms with E-state index in [0.29, 0.717) is 6.04 Å². The average molecular weight is 248 g/mol. The zero-order chi connectivity index (χ0) is 13.0. The zero-order valence-electron chi connectivity index (χ0n) is 11.7. The number of likely N-dealkylation sites (N-methyl/N-ethyl adjacent to an activating group) is 1. The molecule has 0 spiro atoms. The van der Waals surface area contributed by atoms with Gasteiger partial charge in [-0.1, -0.05) is 6.92 Å². The molecule has 4 nitrogen and oxygen atoms in total. The fourth-order valence-electron chi connectivity index (χ4n) is 2.66. The van der Waals surface area contributed by atoms with E-state index in [4.69, 9.17) is 0 Å². The fourth-order valence-corrected chi connectivity index (χ4v) is 2.66. The summed E-state index contributed by atoms with van der Waals surface area (Å²) in [6.45, 7) is 6.51. The molecule has 2 heterocycles. The number of nitrogens with one attached hydrogen (secondary N) is 1. The molecular formula is C14H24N4. The monoisotopic (exact) mass is 248 g/mol. The Morgan fingerprint density at radius 1 is 1.44 bits per heavy atom. The van der Waals surface area contributed by atoms with E-state index in [-0.39, 0.29) is 0 Å². The summed E-state index contributed by atoms with van der Waals surface area (Å²) >= 11 is 0. The lowest BCUT2D eigenvalue weighted by molar-refractivity contribution is 0.213. The Balaban J connectivity index is 2.16. The van der Waals surface area contributed by atoms with Crippen LogP contribution in [0.25, 0.3) is 0 Å². The zero-order valence-corrected chi connectivity index (χ0v) is 11.7. The highest BCUT2D eigenvalue weighted by Crippen LogP contribution is 2.23. The van der Waals surface area contributed by atoms with Gasteiger partial charge in [0.2, 0.25) is 0 Å². The second-order valence-corrected chi connectivity index (χ2v) is 5.02. The van der Waals surface area contributed by atoms with Gasteiger partial charge in [0, 0.05) is 55.9 Å². The minimum atomic E-state index is 0.661. The number of hydrogen-bond acceptors (Lipinski definition) is 4. The van der Waals surface area contributed by atoms with E-state index in [1.165, 1.54) is 17.7 Å². The Hall–Kier alpha value is -1.13. The molecule has 1 aromatic rings. The summed E-state index contributed by atoms with van der Waals surface area (Å²) in [4.78, 5) is 9.21. The van der Waals surface area contributed by atoms with Gasteiger partial charge in [0.05, 0.1) is 0 Å². The molecule has 1 fully saturated rings. The van der Waals surface area contributed by atoms with E-state index < -0.39 is 0 Å². The number of rotatable bonds is 4. The minimum absolute atomic E-state index is 0.661. The number of hydrogen-bond donors (Lipinski definition) is 1. The van der Waals surface area contributed by atoms with Crippen molar-refractivity contribution in [1.82, 2.24) is 15.2 Å². The van der Waals surface area contributed by atoms with Crippen LogP contribution in [0.1, 0.15) is 18.9 Å². The largest absolute Gasteiger partial charge is 0.368 e. The minimum Gasteiger partial charge on any atom is -0.368 e. The number of aromatic nitrogens is 1. The van der Waals surface area contributed by atoms with Gasteiger partial charge in [0.15, 0.2) is 0 Å². The summed E-state index contributed by atoms with van der Waals surface area (Å²) < 4.78 is 0. The van der Waals surface area contributed by atoms with E-state index >= 15 is 0 Å². The summed E-state index contributed by atoms with van der Waals surface area (Å²) in [5.74, 6) is 0. The third-order valence-electron chi connectivity index (χ3n) is 3.83. The summed E-state index contributed by atoms with van der Waals surface area (Å²) in [6.07, 6.45) is 5.08. The Morgan fingerprint density at radius 2 is 2.28 bits per heavy atom. The first kappa shape index (κ1) is 13.3. The summed E-state index contributed by atoms with van der Waals surface area (Å²) in [7, 11) is 4.21. The van der Waals surface area contributed by atoms with Crippen molar-refractivity contribution in [3.05, 3.63) is 24.0 Å². The van der Waals surface area contributed by atoms with Gasteiger partial charge in [0.25, 0.3) is 0 Å². The van der Waals surface area contributed by atoms with Gasteiger partial charge in [-0.05, 0) is 26.6 Å². The maximum atomic E-state index is 4.24. The molecule has 1 aliphatic heterocycles. The molecule has 100 valence electrons. The van der Waals surface area contributed by atoms with Crippen LogP contribution in [-0.2, 0) is 6.54 Å². The van der Waals surface area contributed by atoms with Crippen molar-refractivity contribution in [3.63, 3.8) is 0 Å². The maximum absolute atomic E-state index is 4.24. The first-order valence-electron chi connectivity index (χ1n) is 6.79. The molecular weight excluding hydrogens is 224 g/mol. The van der Waals surface area contributed by atoms with Crippen molar-refractivity contribution in [3.8, 4) is 0 Å². The second-order valence-electron chi connectivity index (χ2n) is 5.02. The van der Waals surface area contributed by atoms with Gasteiger partial charge in [0.1, 0.15) is 0 Å². The van der Waals surface area contributed by atoms with Crippen molar-refractivity contribution in [2.24, 2.45) is 0 Å². The summed E-state index contributed by atoms with van der Waals surface area (Å²) in [5, 5.41) is 3.22. The van der Waals surface area contributed by atoms with Gasteiger partial charge in [-0.25, -0.2) is 0 Å². The van der Waals surface area contributed by atoms with Crippen molar-refractivity contribution in [2.75, 3.05) is 38.6 Å². The van der Waals surface area contributed by atoms with E-state index in [1.54, 1.807) is 0 Å². The van der Waals surface area contributed by atoms with Crippen LogP contribution in [0.15, 0.2) is 18.5 Å². The van der Waals surface area contributed by atoms with Crippen molar-refractivity contribution < 1.29 is 0 Å². The molecule has 1 aliphatic rings. The van der Waals surface area contributed by atoms with Gasteiger partial charge in [-0.2, -0.15) is 0 Å². The molecule has 0 radical (unpaired) electrons. The first-order valence-corrected chi connectivity index (χ1v) is 6.79. The van der Waals surface area contributed by atoms with Crippen molar-refractivity contribution in [2.45, 2.75) is 25.9 Å². The highest BCUT2D eigenvalue weighted by atomic mass is 15.3.